The number of nitrogens with one attached hydrogen (secondary N) is 1. The van der Waals surface area contributed by atoms with E-state index in [0.29, 0.717) is 11.4 Å². The van der Waals surface area contributed by atoms with Gasteiger partial charge in [-0.1, -0.05) is 6.07 Å². The van der Waals surface area contributed by atoms with Crippen molar-refractivity contribution in [3.05, 3.63) is 66.5 Å². The average Bonchev–Trinajstić information content (AvgIpc) is 3.13. The lowest BCUT2D eigenvalue weighted by Crippen LogP contribution is -2.16. The van der Waals surface area contributed by atoms with Gasteiger partial charge in [0.15, 0.2) is 5.69 Å². The van der Waals surface area contributed by atoms with Gasteiger partial charge in [-0.3, -0.25) is 4.40 Å². The molecule has 0 bridgehead atoms. The van der Waals surface area contributed by atoms with Crippen LogP contribution >= 0.6 is 0 Å². The molecule has 0 saturated carbocycles. The Morgan fingerprint density at radius 3 is 2.18 bits per heavy atom. The number of nitrogens with zero attached hydrogens (tertiary/aromatic N) is 3. The van der Waals surface area contributed by atoms with Gasteiger partial charge in [-0.05, 0) is 48.5 Å². The first-order valence-corrected chi connectivity index (χ1v) is 9.27. The molecule has 0 fully saturated rings. The molecule has 0 unspecified atom stereocenters. The van der Waals surface area contributed by atoms with Crippen molar-refractivity contribution in [1.82, 2.24) is 14.4 Å². The summed E-state index contributed by atoms with van der Waals surface area (Å²) in [5.74, 6) is 0.0811. The molecule has 33 heavy (non-hydrogen) atoms. The Morgan fingerprint density at radius 1 is 0.848 bits per heavy atom. The molecule has 0 spiro atoms. The lowest BCUT2D eigenvalue weighted by Gasteiger charge is -2.12. The van der Waals surface area contributed by atoms with Crippen LogP contribution in [0.1, 0.15) is 5.69 Å². The number of aromatic nitrogens is 3. The van der Waals surface area contributed by atoms with Gasteiger partial charge < -0.3 is 14.8 Å². The van der Waals surface area contributed by atoms with Crippen LogP contribution in [0.2, 0.25) is 0 Å². The van der Waals surface area contributed by atoms with Gasteiger partial charge in [-0.2, -0.15) is 13.2 Å². The first-order chi connectivity index (χ1) is 15.5. The fourth-order valence-corrected chi connectivity index (χ4v) is 3.11. The van der Waals surface area contributed by atoms with Gasteiger partial charge in [0.25, 0.3) is 0 Å². The Bertz CT molecular complexity index is 1280. The summed E-state index contributed by atoms with van der Waals surface area (Å²) >= 11 is 0. The van der Waals surface area contributed by atoms with Crippen LogP contribution in [-0.4, -0.2) is 27.8 Å². The van der Waals surface area contributed by atoms with Crippen LogP contribution in [0.3, 0.4) is 0 Å². The van der Waals surface area contributed by atoms with Crippen LogP contribution in [0.5, 0.6) is 11.5 Å². The van der Waals surface area contributed by atoms with Gasteiger partial charge >= 0.3 is 12.5 Å². The highest BCUT2D eigenvalue weighted by Crippen LogP contribution is 2.37. The molecule has 4 aromatic rings. The second-order valence-electron chi connectivity index (χ2n) is 6.71. The molecule has 0 aliphatic rings. The number of rotatable bonds is 5. The number of imidazole rings is 1. The molecular formula is C21H14F6N4O2. The summed E-state index contributed by atoms with van der Waals surface area (Å²) < 4.78 is 88.2. The zero-order chi connectivity index (χ0) is 23.8. The number of halogens is 6. The van der Waals surface area contributed by atoms with Crippen LogP contribution in [0.4, 0.5) is 37.8 Å². The van der Waals surface area contributed by atoms with Crippen molar-refractivity contribution < 1.29 is 35.8 Å². The van der Waals surface area contributed by atoms with Gasteiger partial charge in [0.2, 0.25) is 0 Å². The van der Waals surface area contributed by atoms with Crippen LogP contribution in [0.15, 0.2) is 60.8 Å². The molecule has 0 aliphatic carbocycles. The zero-order valence-corrected chi connectivity index (χ0v) is 16.7. The molecule has 1 aromatic carbocycles. The summed E-state index contributed by atoms with van der Waals surface area (Å²) in [6, 6.07) is 12.1. The third-order valence-electron chi connectivity index (χ3n) is 4.45. The Balaban J connectivity index is 1.71. The first kappa shape index (κ1) is 22.2. The van der Waals surface area contributed by atoms with E-state index in [-0.39, 0.29) is 22.9 Å². The predicted molar refractivity (Wildman–Crippen MR) is 106 cm³/mol. The predicted octanol–water partition coefficient (Wildman–Crippen LogP) is 6.07. The largest absolute Gasteiger partial charge is 0.573 e. The average molecular weight is 468 g/mol. The van der Waals surface area contributed by atoms with E-state index in [4.69, 9.17) is 4.74 Å². The lowest BCUT2D eigenvalue weighted by atomic mass is 10.2. The van der Waals surface area contributed by atoms with E-state index in [0.717, 1.165) is 12.1 Å². The highest BCUT2D eigenvalue weighted by atomic mass is 19.4. The summed E-state index contributed by atoms with van der Waals surface area (Å²) in [6.07, 6.45) is -8.19. The number of alkyl halides is 6. The van der Waals surface area contributed by atoms with Crippen molar-refractivity contribution in [1.29, 1.82) is 0 Å². The van der Waals surface area contributed by atoms with E-state index < -0.39 is 24.0 Å². The molecule has 0 radical (unpaired) electrons. The standard InChI is InChI=1S/C21H14F6N4O2/c1-32-14-9-10-17-30-19(20(22,23)24)18(31(17)11-14)15-3-2-4-16(29-15)28-12-5-7-13(8-6-12)33-21(25,26)27/h2-11H,1H3,(H,28,29). The second-order valence-corrected chi connectivity index (χ2v) is 6.71. The number of fused-ring (bicyclic) bond motifs is 1. The number of benzene rings is 1. The molecule has 12 heteroatoms. The number of pyridine rings is 2. The third-order valence-corrected chi connectivity index (χ3v) is 4.45. The SMILES string of the molecule is COc1ccc2nc(C(F)(F)F)c(-c3cccc(Nc4ccc(OC(F)(F)F)cc4)n3)n2c1. The summed E-state index contributed by atoms with van der Waals surface area (Å²) in [4.78, 5) is 7.95. The Hall–Kier alpha value is -3.96. The summed E-state index contributed by atoms with van der Waals surface area (Å²) in [7, 11) is 1.39. The molecular weight excluding hydrogens is 454 g/mol. The molecule has 4 rings (SSSR count). The van der Waals surface area contributed by atoms with Gasteiger partial charge in [0.1, 0.15) is 28.7 Å². The highest BCUT2D eigenvalue weighted by Gasteiger charge is 2.39. The van der Waals surface area contributed by atoms with Crippen molar-refractivity contribution in [2.24, 2.45) is 0 Å². The Labute approximate surface area is 182 Å². The number of hydrogen-bond acceptors (Lipinski definition) is 5. The topological polar surface area (TPSA) is 60.7 Å². The van der Waals surface area contributed by atoms with Gasteiger partial charge in [-0.15, -0.1) is 13.2 Å². The van der Waals surface area contributed by atoms with E-state index >= 15 is 0 Å². The Morgan fingerprint density at radius 2 is 1.55 bits per heavy atom. The van der Waals surface area contributed by atoms with Crippen LogP contribution in [0.25, 0.3) is 17.0 Å². The molecule has 0 aliphatic heterocycles. The molecule has 1 N–H and O–H groups in total. The molecule has 172 valence electrons. The van der Waals surface area contributed by atoms with Crippen molar-refractivity contribution in [3.63, 3.8) is 0 Å². The minimum Gasteiger partial charge on any atom is -0.495 e. The monoisotopic (exact) mass is 468 g/mol. The summed E-state index contributed by atoms with van der Waals surface area (Å²) in [6.45, 7) is 0. The third kappa shape index (κ3) is 4.94. The van der Waals surface area contributed by atoms with Crippen molar-refractivity contribution in [3.8, 4) is 22.9 Å². The molecule has 0 atom stereocenters. The number of ether oxygens (including phenoxy) is 2. The maximum atomic E-state index is 13.7. The van der Waals surface area contributed by atoms with Gasteiger partial charge in [0.05, 0.1) is 19.0 Å². The van der Waals surface area contributed by atoms with Crippen molar-refractivity contribution in [2.75, 3.05) is 12.4 Å². The number of hydrogen-bond donors (Lipinski definition) is 1. The quantitative estimate of drug-likeness (QED) is 0.361. The highest BCUT2D eigenvalue weighted by molar-refractivity contribution is 5.68. The minimum absolute atomic E-state index is 0.0231. The summed E-state index contributed by atoms with van der Waals surface area (Å²) in [5, 5.41) is 2.84. The van der Waals surface area contributed by atoms with Gasteiger partial charge in [0, 0.05) is 5.69 Å². The number of anilines is 2. The van der Waals surface area contributed by atoms with E-state index in [2.05, 4.69) is 20.0 Å². The number of methoxy groups -OCH3 is 1. The second kappa shape index (κ2) is 8.19. The zero-order valence-electron chi connectivity index (χ0n) is 16.7. The van der Waals surface area contributed by atoms with Crippen molar-refractivity contribution >= 4 is 17.2 Å². The smallest absolute Gasteiger partial charge is 0.495 e. The maximum Gasteiger partial charge on any atom is 0.573 e. The summed E-state index contributed by atoms with van der Waals surface area (Å²) in [5.41, 5.74) is -1.02. The molecule has 6 nitrogen and oxygen atoms in total. The molecule has 0 saturated heterocycles. The van der Waals surface area contributed by atoms with Crippen LogP contribution < -0.4 is 14.8 Å². The fourth-order valence-electron chi connectivity index (χ4n) is 3.11. The van der Waals surface area contributed by atoms with E-state index in [1.54, 1.807) is 0 Å². The van der Waals surface area contributed by atoms with E-state index in [1.165, 1.54) is 60.2 Å². The minimum atomic E-state index is -4.82. The van der Waals surface area contributed by atoms with Gasteiger partial charge in [-0.25, -0.2) is 9.97 Å². The van der Waals surface area contributed by atoms with Crippen molar-refractivity contribution in [2.45, 2.75) is 12.5 Å². The molecule has 3 heterocycles. The van der Waals surface area contributed by atoms with Crippen LogP contribution in [-0.2, 0) is 6.18 Å². The molecule has 3 aromatic heterocycles. The Kier molecular flexibility index (Phi) is 5.52. The first-order valence-electron chi connectivity index (χ1n) is 9.27. The van der Waals surface area contributed by atoms with Crippen LogP contribution in [0, 0.1) is 0 Å². The lowest BCUT2D eigenvalue weighted by molar-refractivity contribution is -0.274. The molecule has 0 amide bonds. The fraction of sp³-hybridized carbons (Fsp3) is 0.143. The normalized spacial score (nSPS) is 12.1. The van der Waals surface area contributed by atoms with E-state index in [9.17, 15) is 26.3 Å². The van der Waals surface area contributed by atoms with E-state index in [1.807, 2.05) is 0 Å². The maximum absolute atomic E-state index is 13.7.